The molecule has 1 aromatic carbocycles. The number of allylic oxidation sites excluding steroid dienone is 2. The second-order valence-electron chi connectivity index (χ2n) is 7.96. The minimum atomic E-state index is -0.456. The van der Waals surface area contributed by atoms with Crippen LogP contribution >= 0.6 is 0 Å². The van der Waals surface area contributed by atoms with Crippen molar-refractivity contribution in [2.45, 2.75) is 39.0 Å². The molecule has 1 atom stereocenters. The number of hydrazine groups is 1. The molecule has 0 unspecified atom stereocenters. The standard InChI is InChI=1S/C19H23N3O4/c1-19(2)10-15-18(16(23)11-19)14(9-17(24)21(15)20(3)4)12-5-7-13(8-6-12)22(25)26/h5-8,14H,9-11H2,1-4H3/t14-/m0/s1. The number of hydrogen-bond donors (Lipinski definition) is 0. The quantitative estimate of drug-likeness (QED) is 0.613. The number of carbonyl (C=O) groups excluding carboxylic acids is 2. The van der Waals surface area contributed by atoms with Crippen LogP contribution in [-0.4, -0.2) is 40.7 Å². The van der Waals surface area contributed by atoms with Gasteiger partial charge in [-0.2, -0.15) is 0 Å². The van der Waals surface area contributed by atoms with E-state index >= 15 is 0 Å². The summed E-state index contributed by atoms with van der Waals surface area (Å²) in [6.07, 6.45) is 1.26. The van der Waals surface area contributed by atoms with Gasteiger partial charge in [0.25, 0.3) is 5.69 Å². The van der Waals surface area contributed by atoms with Crippen LogP contribution in [0.15, 0.2) is 35.5 Å². The number of nitro groups is 1. The number of benzene rings is 1. The van der Waals surface area contributed by atoms with Gasteiger partial charge in [-0.25, -0.2) is 10.0 Å². The SMILES string of the molecule is CN(C)N1C(=O)C[C@@H](c2ccc([N+](=O)[O-])cc2)C2=C1CC(C)(C)CC2=O. The van der Waals surface area contributed by atoms with Gasteiger partial charge in [-0.05, 0) is 17.4 Å². The molecule has 7 nitrogen and oxygen atoms in total. The zero-order valence-corrected chi connectivity index (χ0v) is 15.5. The molecule has 1 aromatic rings. The normalized spacial score (nSPS) is 22.7. The third kappa shape index (κ3) is 3.14. The lowest BCUT2D eigenvalue weighted by Gasteiger charge is -2.44. The topological polar surface area (TPSA) is 83.8 Å². The van der Waals surface area contributed by atoms with E-state index in [0.29, 0.717) is 18.4 Å². The summed E-state index contributed by atoms with van der Waals surface area (Å²) in [5.41, 5.74) is 1.99. The Bertz CT molecular complexity index is 809. The maximum absolute atomic E-state index is 13.0. The third-order valence-electron chi connectivity index (χ3n) is 5.02. The Balaban J connectivity index is 2.11. The average Bonchev–Trinajstić information content (AvgIpc) is 2.52. The molecule has 0 fully saturated rings. The van der Waals surface area contributed by atoms with Crippen molar-refractivity contribution >= 4 is 17.4 Å². The van der Waals surface area contributed by atoms with E-state index in [1.807, 2.05) is 13.8 Å². The minimum absolute atomic E-state index is 0.00360. The van der Waals surface area contributed by atoms with E-state index in [2.05, 4.69) is 0 Å². The summed E-state index contributed by atoms with van der Waals surface area (Å²) in [5.74, 6) is -0.361. The monoisotopic (exact) mass is 357 g/mol. The minimum Gasteiger partial charge on any atom is -0.294 e. The number of non-ortho nitro benzene ring substituents is 1. The lowest BCUT2D eigenvalue weighted by molar-refractivity contribution is -0.384. The van der Waals surface area contributed by atoms with E-state index in [1.54, 1.807) is 36.2 Å². The Morgan fingerprint density at radius 2 is 1.77 bits per heavy atom. The van der Waals surface area contributed by atoms with Gasteiger partial charge >= 0.3 is 0 Å². The third-order valence-corrected chi connectivity index (χ3v) is 5.02. The summed E-state index contributed by atoms with van der Waals surface area (Å²) < 4.78 is 0. The molecular formula is C19H23N3O4. The average molecular weight is 357 g/mol. The molecule has 0 saturated heterocycles. The smallest absolute Gasteiger partial charge is 0.269 e. The molecule has 3 rings (SSSR count). The first kappa shape index (κ1) is 18.3. The lowest BCUT2D eigenvalue weighted by atomic mass is 9.69. The van der Waals surface area contributed by atoms with Crippen molar-refractivity contribution in [3.63, 3.8) is 0 Å². The summed E-state index contributed by atoms with van der Waals surface area (Å²) in [7, 11) is 3.58. The maximum atomic E-state index is 13.0. The molecule has 0 bridgehead atoms. The van der Waals surface area contributed by atoms with Crippen molar-refractivity contribution in [1.82, 2.24) is 10.0 Å². The highest BCUT2D eigenvalue weighted by atomic mass is 16.6. The zero-order chi connectivity index (χ0) is 19.2. The molecule has 7 heteroatoms. The summed E-state index contributed by atoms with van der Waals surface area (Å²) in [6, 6.07) is 6.16. The maximum Gasteiger partial charge on any atom is 0.269 e. The van der Waals surface area contributed by atoms with Gasteiger partial charge in [0.1, 0.15) is 0 Å². The molecule has 0 radical (unpaired) electrons. The van der Waals surface area contributed by atoms with Crippen molar-refractivity contribution in [3.8, 4) is 0 Å². The number of carbonyl (C=O) groups is 2. The van der Waals surface area contributed by atoms with Gasteiger partial charge in [0, 0.05) is 56.3 Å². The Hall–Kier alpha value is -2.54. The van der Waals surface area contributed by atoms with Crippen LogP contribution < -0.4 is 0 Å². The number of nitrogens with zero attached hydrogens (tertiary/aromatic N) is 3. The van der Waals surface area contributed by atoms with Crippen molar-refractivity contribution in [3.05, 3.63) is 51.2 Å². The summed E-state index contributed by atoms with van der Waals surface area (Å²) >= 11 is 0. The van der Waals surface area contributed by atoms with Crippen LogP contribution in [0.3, 0.4) is 0 Å². The molecular weight excluding hydrogens is 334 g/mol. The molecule has 0 N–H and O–H groups in total. The molecule has 1 heterocycles. The highest BCUT2D eigenvalue weighted by molar-refractivity contribution is 6.01. The van der Waals surface area contributed by atoms with E-state index in [0.717, 1.165) is 11.3 Å². The summed E-state index contributed by atoms with van der Waals surface area (Å²) in [6.45, 7) is 4.06. The fourth-order valence-corrected chi connectivity index (χ4v) is 3.98. The summed E-state index contributed by atoms with van der Waals surface area (Å²) in [5, 5.41) is 14.2. The Kier molecular flexibility index (Phi) is 4.44. The van der Waals surface area contributed by atoms with Gasteiger partial charge in [0.15, 0.2) is 5.78 Å². The van der Waals surface area contributed by atoms with Gasteiger partial charge in [-0.15, -0.1) is 0 Å². The van der Waals surface area contributed by atoms with Crippen molar-refractivity contribution in [1.29, 1.82) is 0 Å². The van der Waals surface area contributed by atoms with Gasteiger partial charge in [-0.3, -0.25) is 19.7 Å². The fourth-order valence-electron chi connectivity index (χ4n) is 3.98. The number of rotatable bonds is 3. The van der Waals surface area contributed by atoms with Crippen molar-refractivity contribution in [2.24, 2.45) is 5.41 Å². The molecule has 0 saturated carbocycles. The largest absolute Gasteiger partial charge is 0.294 e. The fraction of sp³-hybridized carbons (Fsp3) is 0.474. The number of ketones is 1. The Labute approximate surface area is 152 Å². The van der Waals surface area contributed by atoms with Crippen LogP contribution in [-0.2, 0) is 9.59 Å². The van der Waals surface area contributed by atoms with Crippen molar-refractivity contribution < 1.29 is 14.5 Å². The van der Waals surface area contributed by atoms with Gasteiger partial charge in [-0.1, -0.05) is 26.0 Å². The molecule has 138 valence electrons. The van der Waals surface area contributed by atoms with Crippen LogP contribution in [0.25, 0.3) is 0 Å². The molecule has 0 spiro atoms. The Morgan fingerprint density at radius 1 is 1.15 bits per heavy atom. The number of Topliss-reactive ketones (excluding diaryl/α,β-unsaturated/α-hetero) is 1. The van der Waals surface area contributed by atoms with Gasteiger partial charge < -0.3 is 0 Å². The van der Waals surface area contributed by atoms with E-state index < -0.39 is 4.92 Å². The molecule has 1 amide bonds. The lowest BCUT2D eigenvalue weighted by Crippen LogP contribution is -2.49. The molecule has 26 heavy (non-hydrogen) atoms. The van der Waals surface area contributed by atoms with Crippen molar-refractivity contribution in [2.75, 3.05) is 14.1 Å². The first-order valence-electron chi connectivity index (χ1n) is 8.61. The van der Waals surface area contributed by atoms with Crippen LogP contribution in [0.4, 0.5) is 5.69 Å². The van der Waals surface area contributed by atoms with E-state index in [1.165, 1.54) is 12.1 Å². The number of hydrogen-bond acceptors (Lipinski definition) is 5. The van der Waals surface area contributed by atoms with Gasteiger partial charge in [0.05, 0.1) is 4.92 Å². The molecule has 1 aliphatic carbocycles. The van der Waals surface area contributed by atoms with E-state index in [9.17, 15) is 19.7 Å². The second kappa shape index (κ2) is 6.32. The molecule has 2 aliphatic rings. The predicted octanol–water partition coefficient (Wildman–Crippen LogP) is 3.03. The highest BCUT2D eigenvalue weighted by Gasteiger charge is 2.44. The number of nitro benzene ring substituents is 1. The van der Waals surface area contributed by atoms with E-state index in [-0.39, 0.29) is 35.1 Å². The zero-order valence-electron chi connectivity index (χ0n) is 15.5. The highest BCUT2D eigenvalue weighted by Crippen LogP contribution is 2.47. The molecule has 0 aromatic heterocycles. The van der Waals surface area contributed by atoms with E-state index in [4.69, 9.17) is 0 Å². The first-order chi connectivity index (χ1) is 12.1. The molecule has 1 aliphatic heterocycles. The Morgan fingerprint density at radius 3 is 2.31 bits per heavy atom. The predicted molar refractivity (Wildman–Crippen MR) is 96.0 cm³/mol. The number of amides is 1. The van der Waals surface area contributed by atoms with Crippen LogP contribution in [0.5, 0.6) is 0 Å². The second-order valence-corrected chi connectivity index (χ2v) is 7.96. The van der Waals surface area contributed by atoms with Gasteiger partial charge in [0.2, 0.25) is 5.91 Å². The van der Waals surface area contributed by atoms with Crippen LogP contribution in [0.1, 0.15) is 44.6 Å². The first-order valence-corrected chi connectivity index (χ1v) is 8.61. The van der Waals surface area contributed by atoms with Crippen LogP contribution in [0, 0.1) is 15.5 Å². The van der Waals surface area contributed by atoms with Crippen LogP contribution in [0.2, 0.25) is 0 Å². The summed E-state index contributed by atoms with van der Waals surface area (Å²) in [4.78, 5) is 36.2.